The molecule has 1 aliphatic rings. The molecule has 3 nitrogen and oxygen atoms in total. The molecule has 2 rings (SSSR count). The van der Waals surface area contributed by atoms with E-state index in [9.17, 15) is 4.79 Å². The average molecular weight is 260 g/mol. The summed E-state index contributed by atoms with van der Waals surface area (Å²) in [6.07, 6.45) is 5.70. The molecule has 2 unspecified atom stereocenters. The normalized spacial score (nSPS) is 21.8. The number of piperidine rings is 1. The first-order valence-corrected chi connectivity index (χ1v) is 7.33. The van der Waals surface area contributed by atoms with Gasteiger partial charge in [-0.15, -0.1) is 0 Å². The van der Waals surface area contributed by atoms with Crippen molar-refractivity contribution in [3.05, 3.63) is 35.9 Å². The van der Waals surface area contributed by atoms with Gasteiger partial charge in [0.2, 0.25) is 6.41 Å². The summed E-state index contributed by atoms with van der Waals surface area (Å²) in [6.45, 7) is 4.53. The van der Waals surface area contributed by atoms with Gasteiger partial charge in [-0.2, -0.15) is 0 Å². The van der Waals surface area contributed by atoms with Crippen LogP contribution in [0.4, 0.5) is 0 Å². The molecule has 1 aromatic carbocycles. The van der Waals surface area contributed by atoms with Crippen LogP contribution in [0.3, 0.4) is 0 Å². The lowest BCUT2D eigenvalue weighted by molar-refractivity contribution is -0.110. The summed E-state index contributed by atoms with van der Waals surface area (Å²) in [4.78, 5) is 13.4. The van der Waals surface area contributed by atoms with Gasteiger partial charge in [0.05, 0.1) is 6.04 Å². The van der Waals surface area contributed by atoms with Crippen LogP contribution in [0, 0.1) is 0 Å². The lowest BCUT2D eigenvalue weighted by atomic mass is 9.92. The smallest absolute Gasteiger partial charge is 0.207 e. The van der Waals surface area contributed by atoms with Crippen LogP contribution in [-0.2, 0) is 4.79 Å². The maximum Gasteiger partial charge on any atom is 0.207 e. The van der Waals surface area contributed by atoms with Gasteiger partial charge in [0.15, 0.2) is 0 Å². The third-order valence-corrected chi connectivity index (χ3v) is 4.13. The van der Waals surface area contributed by atoms with E-state index >= 15 is 0 Å². The SMILES string of the molecule is CCN1CCCCC1CC(NC=O)c1ccccc1. The van der Waals surface area contributed by atoms with Gasteiger partial charge in [-0.25, -0.2) is 0 Å². The van der Waals surface area contributed by atoms with Crippen molar-refractivity contribution in [1.82, 2.24) is 10.2 Å². The molecule has 1 fully saturated rings. The summed E-state index contributed by atoms with van der Waals surface area (Å²) in [7, 11) is 0. The van der Waals surface area contributed by atoms with Crippen LogP contribution in [0.1, 0.15) is 44.2 Å². The van der Waals surface area contributed by atoms with Crippen molar-refractivity contribution < 1.29 is 4.79 Å². The van der Waals surface area contributed by atoms with E-state index < -0.39 is 0 Å². The van der Waals surface area contributed by atoms with Crippen molar-refractivity contribution in [2.45, 2.75) is 44.7 Å². The molecule has 0 spiro atoms. The number of carbonyl (C=O) groups is 1. The van der Waals surface area contributed by atoms with Crippen LogP contribution < -0.4 is 5.32 Å². The molecule has 0 radical (unpaired) electrons. The summed E-state index contributed by atoms with van der Waals surface area (Å²) in [5, 5.41) is 2.98. The minimum Gasteiger partial charge on any atom is -0.352 e. The highest BCUT2D eigenvalue weighted by molar-refractivity contribution is 5.47. The predicted octanol–water partition coefficient (Wildman–Crippen LogP) is 2.74. The standard InChI is InChI=1S/C16H24N2O/c1-2-18-11-7-6-10-15(18)12-16(17-13-19)14-8-4-3-5-9-14/h3-5,8-9,13,15-16H,2,6-7,10-12H2,1H3,(H,17,19). The van der Waals surface area contributed by atoms with Crippen LogP contribution in [0.25, 0.3) is 0 Å². The summed E-state index contributed by atoms with van der Waals surface area (Å²) in [5.74, 6) is 0. The molecular weight excluding hydrogens is 236 g/mol. The van der Waals surface area contributed by atoms with E-state index in [0.717, 1.165) is 19.4 Å². The Morgan fingerprint density at radius 1 is 1.37 bits per heavy atom. The number of nitrogens with one attached hydrogen (secondary N) is 1. The fourth-order valence-electron chi connectivity index (χ4n) is 3.08. The maximum atomic E-state index is 10.9. The van der Waals surface area contributed by atoms with Gasteiger partial charge in [0.25, 0.3) is 0 Å². The number of benzene rings is 1. The summed E-state index contributed by atoms with van der Waals surface area (Å²) < 4.78 is 0. The zero-order chi connectivity index (χ0) is 13.5. The lowest BCUT2D eigenvalue weighted by Gasteiger charge is -2.37. The lowest BCUT2D eigenvalue weighted by Crippen LogP contribution is -2.41. The van der Waals surface area contributed by atoms with Crippen molar-refractivity contribution in [2.75, 3.05) is 13.1 Å². The number of amides is 1. The molecule has 1 N–H and O–H groups in total. The third-order valence-electron chi connectivity index (χ3n) is 4.13. The van der Waals surface area contributed by atoms with Crippen LogP contribution in [0.2, 0.25) is 0 Å². The molecule has 2 atom stereocenters. The number of hydrogen-bond donors (Lipinski definition) is 1. The highest BCUT2D eigenvalue weighted by atomic mass is 16.1. The predicted molar refractivity (Wildman–Crippen MR) is 77.9 cm³/mol. The van der Waals surface area contributed by atoms with E-state index in [4.69, 9.17) is 0 Å². The van der Waals surface area contributed by atoms with Crippen LogP contribution >= 0.6 is 0 Å². The molecule has 0 saturated carbocycles. The Morgan fingerprint density at radius 3 is 2.84 bits per heavy atom. The Kier molecular flexibility index (Phi) is 5.40. The molecule has 19 heavy (non-hydrogen) atoms. The quantitative estimate of drug-likeness (QED) is 0.798. The Bertz CT molecular complexity index is 380. The number of nitrogens with zero attached hydrogens (tertiary/aromatic N) is 1. The van der Waals surface area contributed by atoms with E-state index in [-0.39, 0.29) is 6.04 Å². The summed E-state index contributed by atoms with van der Waals surface area (Å²) >= 11 is 0. The fraction of sp³-hybridized carbons (Fsp3) is 0.562. The van der Waals surface area contributed by atoms with E-state index in [1.165, 1.54) is 31.4 Å². The highest BCUT2D eigenvalue weighted by Gasteiger charge is 2.24. The van der Waals surface area contributed by atoms with Gasteiger partial charge in [0, 0.05) is 6.04 Å². The van der Waals surface area contributed by atoms with E-state index in [1.807, 2.05) is 18.2 Å². The third kappa shape index (κ3) is 3.80. The first-order valence-electron chi connectivity index (χ1n) is 7.33. The second-order valence-corrected chi connectivity index (χ2v) is 5.26. The van der Waals surface area contributed by atoms with Crippen molar-refractivity contribution in [1.29, 1.82) is 0 Å². The van der Waals surface area contributed by atoms with Gasteiger partial charge in [0.1, 0.15) is 0 Å². The minimum absolute atomic E-state index is 0.135. The molecule has 3 heteroatoms. The Hall–Kier alpha value is -1.35. The minimum atomic E-state index is 0.135. The van der Waals surface area contributed by atoms with Gasteiger partial charge < -0.3 is 10.2 Å². The first-order chi connectivity index (χ1) is 9.35. The second kappa shape index (κ2) is 7.29. The molecule has 1 aromatic rings. The molecule has 1 aliphatic heterocycles. The van der Waals surface area contributed by atoms with E-state index in [2.05, 4.69) is 29.3 Å². The van der Waals surface area contributed by atoms with Gasteiger partial charge in [-0.05, 0) is 37.9 Å². The number of likely N-dealkylation sites (tertiary alicyclic amines) is 1. The second-order valence-electron chi connectivity index (χ2n) is 5.26. The van der Waals surface area contributed by atoms with E-state index in [1.54, 1.807) is 0 Å². The first kappa shape index (κ1) is 14.1. The van der Waals surface area contributed by atoms with Crippen molar-refractivity contribution in [3.63, 3.8) is 0 Å². The molecule has 1 saturated heterocycles. The van der Waals surface area contributed by atoms with Crippen LogP contribution in [-0.4, -0.2) is 30.4 Å². The summed E-state index contributed by atoms with van der Waals surface area (Å²) in [6, 6.07) is 11.0. The number of carbonyl (C=O) groups excluding carboxylic acids is 1. The number of hydrogen-bond acceptors (Lipinski definition) is 2. The van der Waals surface area contributed by atoms with Gasteiger partial charge >= 0.3 is 0 Å². The van der Waals surface area contributed by atoms with Crippen LogP contribution in [0.5, 0.6) is 0 Å². The van der Waals surface area contributed by atoms with Gasteiger partial charge in [-0.1, -0.05) is 43.7 Å². The fourth-order valence-corrected chi connectivity index (χ4v) is 3.08. The molecule has 104 valence electrons. The highest BCUT2D eigenvalue weighted by Crippen LogP contribution is 2.26. The topological polar surface area (TPSA) is 32.3 Å². The Morgan fingerprint density at radius 2 is 2.16 bits per heavy atom. The monoisotopic (exact) mass is 260 g/mol. The molecule has 0 bridgehead atoms. The van der Waals surface area contributed by atoms with E-state index in [0.29, 0.717) is 6.04 Å². The Labute approximate surface area is 116 Å². The number of rotatable bonds is 6. The Balaban J connectivity index is 2.05. The molecule has 0 aromatic heterocycles. The largest absolute Gasteiger partial charge is 0.352 e. The van der Waals surface area contributed by atoms with Crippen molar-refractivity contribution in [2.24, 2.45) is 0 Å². The maximum absolute atomic E-state index is 10.9. The van der Waals surface area contributed by atoms with Gasteiger partial charge in [-0.3, -0.25) is 4.79 Å². The zero-order valence-corrected chi connectivity index (χ0v) is 11.7. The zero-order valence-electron chi connectivity index (χ0n) is 11.7. The summed E-state index contributed by atoms with van der Waals surface area (Å²) in [5.41, 5.74) is 1.20. The average Bonchev–Trinajstić information content (AvgIpc) is 2.48. The van der Waals surface area contributed by atoms with Crippen molar-refractivity contribution in [3.8, 4) is 0 Å². The molecule has 1 heterocycles. The molecule has 0 aliphatic carbocycles. The van der Waals surface area contributed by atoms with Crippen LogP contribution in [0.15, 0.2) is 30.3 Å². The molecular formula is C16H24N2O. The molecule has 1 amide bonds. The van der Waals surface area contributed by atoms with Crippen molar-refractivity contribution >= 4 is 6.41 Å².